The van der Waals surface area contributed by atoms with Gasteiger partial charge in [-0.1, -0.05) is 30.3 Å². The van der Waals surface area contributed by atoms with Gasteiger partial charge in [-0.15, -0.1) is 0 Å². The molecule has 1 saturated heterocycles. The summed E-state index contributed by atoms with van der Waals surface area (Å²) in [6.45, 7) is 8.07. The van der Waals surface area contributed by atoms with Crippen LogP contribution in [-0.4, -0.2) is 73.3 Å². The van der Waals surface area contributed by atoms with Gasteiger partial charge in [-0.2, -0.15) is 0 Å². The molecule has 2 aliphatic rings. The molecule has 2 N–H and O–H groups in total. The fourth-order valence-electron chi connectivity index (χ4n) is 3.63. The molecule has 9 heteroatoms. The van der Waals surface area contributed by atoms with Gasteiger partial charge in [-0.25, -0.2) is 14.4 Å². The monoisotopic (exact) mass is 430 g/mol. The molecule has 3 rings (SSSR count). The van der Waals surface area contributed by atoms with Crippen molar-refractivity contribution in [2.24, 2.45) is 0 Å². The normalized spacial score (nSPS) is 20.1. The number of esters is 1. The summed E-state index contributed by atoms with van der Waals surface area (Å²) in [7, 11) is 1.32. The van der Waals surface area contributed by atoms with Crippen molar-refractivity contribution >= 4 is 18.1 Å². The Morgan fingerprint density at radius 2 is 1.74 bits per heavy atom. The SMILES string of the molecule is COC(=O)C1=C(CN2CCN(C(=O)OC(C)(C)C)CC2)NC(=O)N[C@@H]1c1ccccc1. The van der Waals surface area contributed by atoms with Crippen molar-refractivity contribution in [3.63, 3.8) is 0 Å². The molecule has 0 aliphatic carbocycles. The molecule has 1 fully saturated rings. The maximum absolute atomic E-state index is 12.6. The lowest BCUT2D eigenvalue weighted by Gasteiger charge is -2.37. The molecule has 1 atom stereocenters. The molecule has 31 heavy (non-hydrogen) atoms. The molecule has 2 heterocycles. The van der Waals surface area contributed by atoms with Crippen molar-refractivity contribution in [2.75, 3.05) is 39.8 Å². The average Bonchev–Trinajstić information content (AvgIpc) is 2.72. The van der Waals surface area contributed by atoms with Crippen molar-refractivity contribution in [3.05, 3.63) is 47.2 Å². The quantitative estimate of drug-likeness (QED) is 0.709. The fraction of sp³-hybridized carbons (Fsp3) is 0.500. The van der Waals surface area contributed by atoms with Crippen LogP contribution in [0.25, 0.3) is 0 Å². The predicted molar refractivity (Wildman–Crippen MR) is 114 cm³/mol. The maximum atomic E-state index is 12.6. The molecule has 9 nitrogen and oxygen atoms in total. The number of amides is 3. The summed E-state index contributed by atoms with van der Waals surface area (Å²) in [5, 5.41) is 5.59. The Hall–Kier alpha value is -3.07. The molecule has 1 aromatic rings. The van der Waals surface area contributed by atoms with Gasteiger partial charge in [-0.05, 0) is 26.3 Å². The number of nitrogens with zero attached hydrogens (tertiary/aromatic N) is 2. The van der Waals surface area contributed by atoms with E-state index in [2.05, 4.69) is 15.5 Å². The van der Waals surface area contributed by atoms with E-state index in [9.17, 15) is 14.4 Å². The lowest BCUT2D eigenvalue weighted by molar-refractivity contribution is -0.136. The van der Waals surface area contributed by atoms with Crippen molar-refractivity contribution in [1.29, 1.82) is 0 Å². The Morgan fingerprint density at radius 3 is 2.32 bits per heavy atom. The van der Waals surface area contributed by atoms with Crippen molar-refractivity contribution in [2.45, 2.75) is 32.4 Å². The van der Waals surface area contributed by atoms with E-state index in [0.717, 1.165) is 5.56 Å². The molecular formula is C22H30N4O5. The van der Waals surface area contributed by atoms with Gasteiger partial charge in [0.05, 0.1) is 18.7 Å². The number of ether oxygens (including phenoxy) is 2. The molecule has 0 unspecified atom stereocenters. The summed E-state index contributed by atoms with van der Waals surface area (Å²) in [6.07, 6.45) is -0.332. The lowest BCUT2D eigenvalue weighted by Crippen LogP contribution is -2.53. The summed E-state index contributed by atoms with van der Waals surface area (Å²) >= 11 is 0. The molecule has 1 aromatic carbocycles. The summed E-state index contributed by atoms with van der Waals surface area (Å²) in [5.41, 5.74) is 1.14. The third kappa shape index (κ3) is 5.75. The average molecular weight is 431 g/mol. The first-order chi connectivity index (χ1) is 14.7. The van der Waals surface area contributed by atoms with Gasteiger partial charge in [0.1, 0.15) is 5.60 Å². The zero-order valence-corrected chi connectivity index (χ0v) is 18.4. The molecule has 0 radical (unpaired) electrons. The van der Waals surface area contributed by atoms with E-state index in [4.69, 9.17) is 9.47 Å². The van der Waals surface area contributed by atoms with Crippen LogP contribution in [0, 0.1) is 0 Å². The number of hydrogen-bond donors (Lipinski definition) is 2. The van der Waals surface area contributed by atoms with E-state index in [1.807, 2.05) is 51.1 Å². The van der Waals surface area contributed by atoms with Crippen LogP contribution >= 0.6 is 0 Å². The van der Waals surface area contributed by atoms with Gasteiger partial charge in [0, 0.05) is 38.4 Å². The van der Waals surface area contributed by atoms with Crippen LogP contribution in [-0.2, 0) is 14.3 Å². The first-order valence-corrected chi connectivity index (χ1v) is 10.3. The number of urea groups is 1. The van der Waals surface area contributed by atoms with Crippen molar-refractivity contribution in [1.82, 2.24) is 20.4 Å². The fourth-order valence-corrected chi connectivity index (χ4v) is 3.63. The lowest BCUT2D eigenvalue weighted by atomic mass is 9.95. The van der Waals surface area contributed by atoms with Crippen LogP contribution < -0.4 is 10.6 Å². The van der Waals surface area contributed by atoms with Gasteiger partial charge < -0.3 is 25.0 Å². The smallest absolute Gasteiger partial charge is 0.410 e. The minimum atomic E-state index is -0.597. The molecule has 3 amide bonds. The van der Waals surface area contributed by atoms with Crippen LogP contribution in [0.15, 0.2) is 41.6 Å². The maximum Gasteiger partial charge on any atom is 0.410 e. The van der Waals surface area contributed by atoms with Gasteiger partial charge in [0.2, 0.25) is 0 Å². The highest BCUT2D eigenvalue weighted by molar-refractivity contribution is 5.95. The molecule has 0 spiro atoms. The molecule has 0 aromatic heterocycles. The largest absolute Gasteiger partial charge is 0.466 e. The molecule has 0 saturated carbocycles. The van der Waals surface area contributed by atoms with Crippen LogP contribution in [0.5, 0.6) is 0 Å². The number of benzene rings is 1. The number of rotatable bonds is 4. The van der Waals surface area contributed by atoms with E-state index < -0.39 is 17.6 Å². The zero-order valence-electron chi connectivity index (χ0n) is 18.4. The number of methoxy groups -OCH3 is 1. The van der Waals surface area contributed by atoms with Gasteiger partial charge in [0.25, 0.3) is 0 Å². The highest BCUT2D eigenvalue weighted by Gasteiger charge is 2.35. The third-order valence-corrected chi connectivity index (χ3v) is 5.10. The van der Waals surface area contributed by atoms with Gasteiger partial charge in [-0.3, -0.25) is 4.90 Å². The standard InChI is InChI=1S/C22H30N4O5/c1-22(2,3)31-21(29)26-12-10-25(11-13-26)14-16-17(19(27)30-4)18(24-20(28)23-16)15-8-6-5-7-9-15/h5-9,18H,10-14H2,1-4H3,(H2,23,24,28)/t18-/m1/s1. The second kappa shape index (κ2) is 9.38. The number of carbonyl (C=O) groups excluding carboxylic acids is 3. The molecule has 0 bridgehead atoms. The van der Waals surface area contributed by atoms with E-state index in [-0.39, 0.29) is 12.1 Å². The summed E-state index contributed by atoms with van der Waals surface area (Å²) < 4.78 is 10.5. The second-order valence-electron chi connectivity index (χ2n) is 8.57. The van der Waals surface area contributed by atoms with Crippen LogP contribution in [0.3, 0.4) is 0 Å². The van der Waals surface area contributed by atoms with Crippen molar-refractivity contribution < 1.29 is 23.9 Å². The minimum absolute atomic E-state index is 0.332. The first-order valence-electron chi connectivity index (χ1n) is 10.3. The minimum Gasteiger partial charge on any atom is -0.466 e. The summed E-state index contributed by atoms with van der Waals surface area (Å²) in [4.78, 5) is 41.0. The molecule has 2 aliphatic heterocycles. The highest BCUT2D eigenvalue weighted by atomic mass is 16.6. The second-order valence-corrected chi connectivity index (χ2v) is 8.57. The van der Waals surface area contributed by atoms with E-state index in [1.165, 1.54) is 7.11 Å². The van der Waals surface area contributed by atoms with Crippen LogP contribution in [0.1, 0.15) is 32.4 Å². The topological polar surface area (TPSA) is 100 Å². The summed E-state index contributed by atoms with van der Waals surface area (Å²) in [6, 6.07) is 8.33. The molecule has 168 valence electrons. The Morgan fingerprint density at radius 1 is 1.10 bits per heavy atom. The third-order valence-electron chi connectivity index (χ3n) is 5.10. The van der Waals surface area contributed by atoms with E-state index in [1.54, 1.807) is 4.90 Å². The van der Waals surface area contributed by atoms with Crippen molar-refractivity contribution in [3.8, 4) is 0 Å². The van der Waals surface area contributed by atoms with Gasteiger partial charge in [0.15, 0.2) is 0 Å². The molecular weight excluding hydrogens is 400 g/mol. The Bertz CT molecular complexity index is 854. The highest BCUT2D eigenvalue weighted by Crippen LogP contribution is 2.28. The summed E-state index contributed by atoms with van der Waals surface area (Å²) in [5.74, 6) is -0.497. The number of hydrogen-bond acceptors (Lipinski definition) is 6. The Labute approximate surface area is 182 Å². The van der Waals surface area contributed by atoms with Crippen LogP contribution in [0.4, 0.5) is 9.59 Å². The predicted octanol–water partition coefficient (Wildman–Crippen LogP) is 2.02. The Kier molecular flexibility index (Phi) is 6.84. The van der Waals surface area contributed by atoms with Gasteiger partial charge >= 0.3 is 18.1 Å². The number of nitrogens with one attached hydrogen (secondary N) is 2. The zero-order chi connectivity index (χ0) is 22.6. The van der Waals surface area contributed by atoms with E-state index in [0.29, 0.717) is 44.0 Å². The van der Waals surface area contributed by atoms with Crippen LogP contribution in [0.2, 0.25) is 0 Å². The first kappa shape index (κ1) is 22.6. The van der Waals surface area contributed by atoms with E-state index >= 15 is 0 Å². The number of piperazine rings is 1. The number of carbonyl (C=O) groups is 3. The Balaban J connectivity index is 1.75.